The zero-order valence-corrected chi connectivity index (χ0v) is 16.1. The first-order valence-corrected chi connectivity index (χ1v) is 9.56. The van der Waals surface area contributed by atoms with E-state index < -0.39 is 5.97 Å². The van der Waals surface area contributed by atoms with Crippen molar-refractivity contribution in [2.24, 2.45) is 5.92 Å². The van der Waals surface area contributed by atoms with Crippen molar-refractivity contribution in [3.8, 4) is 0 Å². The summed E-state index contributed by atoms with van der Waals surface area (Å²) in [6.45, 7) is 0. The molecule has 1 aliphatic carbocycles. The number of aromatic nitrogens is 1. The fourth-order valence-corrected chi connectivity index (χ4v) is 4.10. The number of rotatable bonds is 3. The summed E-state index contributed by atoms with van der Waals surface area (Å²) in [4.78, 5) is 32.1. The van der Waals surface area contributed by atoms with E-state index in [0.29, 0.717) is 18.4 Å². The Labute approximate surface area is 164 Å². The lowest BCUT2D eigenvalue weighted by Crippen LogP contribution is -2.29. The minimum Gasteiger partial charge on any atom is -0.481 e. The van der Waals surface area contributed by atoms with Gasteiger partial charge < -0.3 is 20.2 Å². The van der Waals surface area contributed by atoms with Gasteiger partial charge in [-0.2, -0.15) is 0 Å². The molecular weight excluding hydrogens is 356 g/mol. The maximum atomic E-state index is 12.8. The average Bonchev–Trinajstić information content (AvgIpc) is 2.79. The number of amides is 1. The predicted octanol–water partition coefficient (Wildman–Crippen LogP) is 3.49. The SMILES string of the molecule is CN1C(=O)c2ccccc2N(C)c2cc(NC3CCC(C(=O)O)CC3)ncc21. The van der Waals surface area contributed by atoms with E-state index in [-0.39, 0.29) is 17.9 Å². The molecule has 1 aliphatic heterocycles. The molecule has 0 saturated heterocycles. The van der Waals surface area contributed by atoms with Crippen LogP contribution in [0.5, 0.6) is 0 Å². The highest BCUT2D eigenvalue weighted by Crippen LogP contribution is 2.40. The number of nitrogens with zero attached hydrogens (tertiary/aromatic N) is 3. The van der Waals surface area contributed by atoms with Gasteiger partial charge >= 0.3 is 5.97 Å². The molecule has 0 atom stereocenters. The third-order valence-corrected chi connectivity index (χ3v) is 5.81. The van der Waals surface area contributed by atoms with Gasteiger partial charge in [0.1, 0.15) is 5.82 Å². The molecule has 4 rings (SSSR count). The van der Waals surface area contributed by atoms with Gasteiger partial charge in [-0.15, -0.1) is 0 Å². The number of benzene rings is 1. The number of carbonyl (C=O) groups is 2. The molecule has 0 unspecified atom stereocenters. The zero-order chi connectivity index (χ0) is 19.8. The molecular formula is C21H24N4O3. The van der Waals surface area contributed by atoms with Crippen molar-refractivity contribution in [1.29, 1.82) is 0 Å². The lowest BCUT2D eigenvalue weighted by atomic mass is 9.86. The van der Waals surface area contributed by atoms with Crippen molar-refractivity contribution >= 4 is 34.8 Å². The standard InChI is InChI=1S/C21H24N4O3/c1-24-16-6-4-3-5-15(16)20(26)25(2)18-12-22-19(11-17(18)24)23-14-9-7-13(8-10-14)21(27)28/h3-6,11-14H,7-10H2,1-2H3,(H,22,23)(H,27,28). The summed E-state index contributed by atoms with van der Waals surface area (Å²) in [5.74, 6) is -0.254. The maximum Gasteiger partial charge on any atom is 0.306 e. The summed E-state index contributed by atoms with van der Waals surface area (Å²) in [5, 5.41) is 12.6. The second-order valence-corrected chi connectivity index (χ2v) is 7.53. The molecule has 7 heteroatoms. The third-order valence-electron chi connectivity index (χ3n) is 5.81. The van der Waals surface area contributed by atoms with E-state index >= 15 is 0 Å². The molecule has 0 bridgehead atoms. The molecule has 1 fully saturated rings. The van der Waals surface area contributed by atoms with E-state index in [1.54, 1.807) is 18.1 Å². The van der Waals surface area contributed by atoms with Crippen molar-refractivity contribution in [3.63, 3.8) is 0 Å². The monoisotopic (exact) mass is 380 g/mol. The van der Waals surface area contributed by atoms with Crippen LogP contribution in [-0.4, -0.2) is 42.1 Å². The number of hydrogen-bond acceptors (Lipinski definition) is 5. The molecule has 0 spiro atoms. The second kappa shape index (κ2) is 7.14. The van der Waals surface area contributed by atoms with Gasteiger partial charge in [-0.1, -0.05) is 12.1 Å². The average molecular weight is 380 g/mol. The van der Waals surface area contributed by atoms with E-state index in [1.807, 2.05) is 42.3 Å². The number of carbonyl (C=O) groups excluding carboxylic acids is 1. The lowest BCUT2D eigenvalue weighted by molar-refractivity contribution is -0.142. The van der Waals surface area contributed by atoms with Crippen molar-refractivity contribution in [1.82, 2.24) is 4.98 Å². The summed E-state index contributed by atoms with van der Waals surface area (Å²) in [6, 6.07) is 9.75. The minimum absolute atomic E-state index is 0.0595. The van der Waals surface area contributed by atoms with Crippen molar-refractivity contribution in [2.45, 2.75) is 31.7 Å². The number of carboxylic acid groups (broad SMARTS) is 1. The molecule has 2 heterocycles. The highest BCUT2D eigenvalue weighted by atomic mass is 16.4. The molecule has 2 N–H and O–H groups in total. The Hall–Kier alpha value is -3.09. The van der Waals surface area contributed by atoms with Gasteiger partial charge in [0.05, 0.1) is 34.7 Å². The predicted molar refractivity (Wildman–Crippen MR) is 108 cm³/mol. The number of anilines is 4. The summed E-state index contributed by atoms with van der Waals surface area (Å²) in [7, 11) is 3.71. The molecule has 2 aromatic rings. The van der Waals surface area contributed by atoms with Gasteiger partial charge in [-0.05, 0) is 37.8 Å². The van der Waals surface area contributed by atoms with E-state index in [1.165, 1.54) is 0 Å². The number of hydrogen-bond donors (Lipinski definition) is 2. The van der Waals surface area contributed by atoms with Crippen molar-refractivity contribution in [3.05, 3.63) is 42.1 Å². The molecule has 146 valence electrons. The number of pyridine rings is 1. The van der Waals surface area contributed by atoms with Crippen LogP contribution in [0, 0.1) is 5.92 Å². The van der Waals surface area contributed by atoms with Crippen LogP contribution < -0.4 is 15.1 Å². The number of fused-ring (bicyclic) bond motifs is 2. The Bertz CT molecular complexity index is 922. The summed E-state index contributed by atoms with van der Waals surface area (Å²) in [5.41, 5.74) is 3.17. The lowest BCUT2D eigenvalue weighted by Gasteiger charge is -2.28. The van der Waals surface area contributed by atoms with E-state index in [2.05, 4.69) is 10.3 Å². The fourth-order valence-electron chi connectivity index (χ4n) is 4.10. The number of carboxylic acids is 1. The van der Waals surface area contributed by atoms with Crippen molar-refractivity contribution in [2.75, 3.05) is 29.2 Å². The van der Waals surface area contributed by atoms with Crippen LogP contribution in [0.3, 0.4) is 0 Å². The first-order chi connectivity index (χ1) is 13.5. The van der Waals surface area contributed by atoms with E-state index in [4.69, 9.17) is 5.11 Å². The fraction of sp³-hybridized carbons (Fsp3) is 0.381. The molecule has 0 radical (unpaired) electrons. The molecule has 1 aromatic carbocycles. The van der Waals surface area contributed by atoms with Gasteiger partial charge in [0, 0.05) is 26.2 Å². The van der Waals surface area contributed by atoms with Crippen molar-refractivity contribution < 1.29 is 14.7 Å². The zero-order valence-electron chi connectivity index (χ0n) is 16.1. The Morgan fingerprint density at radius 1 is 1.07 bits per heavy atom. The first-order valence-electron chi connectivity index (χ1n) is 9.56. The van der Waals surface area contributed by atoms with Gasteiger partial charge in [-0.25, -0.2) is 4.98 Å². The highest BCUT2D eigenvalue weighted by Gasteiger charge is 2.29. The third kappa shape index (κ3) is 3.17. The smallest absolute Gasteiger partial charge is 0.306 e. The molecule has 1 aromatic heterocycles. The Morgan fingerprint density at radius 2 is 1.79 bits per heavy atom. The van der Waals surface area contributed by atoms with Crippen LogP contribution in [0.4, 0.5) is 22.9 Å². The van der Waals surface area contributed by atoms with Crippen LogP contribution in [0.25, 0.3) is 0 Å². The van der Waals surface area contributed by atoms with E-state index in [0.717, 1.165) is 35.7 Å². The molecule has 2 aliphatic rings. The summed E-state index contributed by atoms with van der Waals surface area (Å²) in [6.07, 6.45) is 4.71. The molecule has 1 saturated carbocycles. The van der Waals surface area contributed by atoms with Gasteiger partial charge in [0.25, 0.3) is 5.91 Å². The van der Waals surface area contributed by atoms with Gasteiger partial charge in [0.15, 0.2) is 0 Å². The Morgan fingerprint density at radius 3 is 2.50 bits per heavy atom. The number of para-hydroxylation sites is 1. The Kier molecular flexibility index (Phi) is 4.66. The van der Waals surface area contributed by atoms with Crippen LogP contribution >= 0.6 is 0 Å². The second-order valence-electron chi connectivity index (χ2n) is 7.53. The molecule has 1 amide bonds. The van der Waals surface area contributed by atoms with Crippen LogP contribution in [0.15, 0.2) is 36.5 Å². The quantitative estimate of drug-likeness (QED) is 0.848. The van der Waals surface area contributed by atoms with Crippen LogP contribution in [0.2, 0.25) is 0 Å². The maximum absolute atomic E-state index is 12.8. The normalized spacial score (nSPS) is 21.6. The Balaban J connectivity index is 1.60. The van der Waals surface area contributed by atoms with Gasteiger partial charge in [-0.3, -0.25) is 9.59 Å². The summed E-state index contributed by atoms with van der Waals surface area (Å²) < 4.78 is 0. The number of aliphatic carboxylic acids is 1. The van der Waals surface area contributed by atoms with E-state index in [9.17, 15) is 9.59 Å². The molecule has 7 nitrogen and oxygen atoms in total. The number of nitrogens with one attached hydrogen (secondary N) is 1. The first kappa shape index (κ1) is 18.3. The molecule has 28 heavy (non-hydrogen) atoms. The highest BCUT2D eigenvalue weighted by molar-refractivity contribution is 6.13. The minimum atomic E-state index is -0.699. The topological polar surface area (TPSA) is 85.8 Å². The van der Waals surface area contributed by atoms with Crippen LogP contribution in [-0.2, 0) is 4.79 Å². The summed E-state index contributed by atoms with van der Waals surface area (Å²) >= 11 is 0. The van der Waals surface area contributed by atoms with Gasteiger partial charge in [0.2, 0.25) is 0 Å². The van der Waals surface area contributed by atoms with Crippen LogP contribution in [0.1, 0.15) is 36.0 Å². The largest absolute Gasteiger partial charge is 0.481 e.